The van der Waals surface area contributed by atoms with Crippen molar-refractivity contribution >= 4 is 0 Å². The van der Waals surface area contributed by atoms with Gasteiger partial charge in [-0.3, -0.25) is 14.3 Å². The topological polar surface area (TPSA) is 84.3 Å². The van der Waals surface area contributed by atoms with E-state index in [0.717, 1.165) is 4.57 Å². The Morgan fingerprint density at radius 3 is 2.78 bits per heavy atom. The van der Waals surface area contributed by atoms with Gasteiger partial charge in [-0.05, 0) is 13.3 Å². The molecule has 0 amide bonds. The largest absolute Gasteiger partial charge is 0.387 e. The standard InChI is InChI=1S/C11H15FN2O4/c1-3-6-8(15)7(12)10(18-6)14-4-5(2)9(16)13-11(14)17/h4,6-8,10,15H,3H2,1-2H3,(H,13,16,17)/t6-,7-,8-,10-/m1/s1. The molecular weight excluding hydrogens is 243 g/mol. The van der Waals surface area contributed by atoms with E-state index in [-0.39, 0.29) is 5.56 Å². The van der Waals surface area contributed by atoms with Crippen LogP contribution in [-0.2, 0) is 4.74 Å². The number of aliphatic hydroxyl groups is 1. The predicted octanol–water partition coefficient (Wildman–Crippen LogP) is -0.149. The molecule has 1 aliphatic rings. The normalized spacial score (nSPS) is 31.8. The summed E-state index contributed by atoms with van der Waals surface area (Å²) >= 11 is 0. The maximum atomic E-state index is 13.9. The molecule has 1 fully saturated rings. The number of halogens is 1. The summed E-state index contributed by atoms with van der Waals surface area (Å²) in [5.74, 6) is 0. The quantitative estimate of drug-likeness (QED) is 0.772. The number of nitrogens with zero attached hydrogens (tertiary/aromatic N) is 1. The summed E-state index contributed by atoms with van der Waals surface area (Å²) in [6, 6.07) is 0. The van der Waals surface area contributed by atoms with Gasteiger partial charge < -0.3 is 9.84 Å². The van der Waals surface area contributed by atoms with Gasteiger partial charge in [-0.25, -0.2) is 9.18 Å². The Balaban J connectivity index is 2.42. The Morgan fingerprint density at radius 2 is 2.22 bits per heavy atom. The average molecular weight is 258 g/mol. The van der Waals surface area contributed by atoms with E-state index in [4.69, 9.17) is 4.74 Å². The van der Waals surface area contributed by atoms with Crippen LogP contribution in [0.4, 0.5) is 4.39 Å². The molecule has 4 atom stereocenters. The molecule has 1 aliphatic heterocycles. The van der Waals surface area contributed by atoms with Crippen LogP contribution in [0.2, 0.25) is 0 Å². The SMILES string of the molecule is CC[C@H]1O[C@@H](n2cc(C)c(=O)[nH]c2=O)[C@H](F)[C@@H]1O. The van der Waals surface area contributed by atoms with E-state index in [9.17, 15) is 19.1 Å². The number of aryl methyl sites for hydroxylation is 1. The lowest BCUT2D eigenvalue weighted by Gasteiger charge is -2.16. The molecule has 2 N–H and O–H groups in total. The Morgan fingerprint density at radius 1 is 1.56 bits per heavy atom. The van der Waals surface area contributed by atoms with Crippen LogP contribution in [-0.4, -0.2) is 33.0 Å². The molecule has 1 aromatic rings. The minimum Gasteiger partial charge on any atom is -0.387 e. The first kappa shape index (κ1) is 13.0. The van der Waals surface area contributed by atoms with Crippen molar-refractivity contribution in [3.8, 4) is 0 Å². The molecule has 2 heterocycles. The first-order valence-corrected chi connectivity index (χ1v) is 5.75. The van der Waals surface area contributed by atoms with E-state index in [1.54, 1.807) is 6.92 Å². The molecule has 0 bridgehead atoms. The molecule has 1 saturated heterocycles. The number of nitrogens with one attached hydrogen (secondary N) is 1. The smallest absolute Gasteiger partial charge is 0.330 e. The average Bonchev–Trinajstić information content (AvgIpc) is 2.61. The lowest BCUT2D eigenvalue weighted by Crippen LogP contribution is -2.36. The molecule has 18 heavy (non-hydrogen) atoms. The van der Waals surface area contributed by atoms with Gasteiger partial charge in [0.15, 0.2) is 12.4 Å². The zero-order valence-electron chi connectivity index (χ0n) is 10.1. The summed E-state index contributed by atoms with van der Waals surface area (Å²) < 4.78 is 20.2. The van der Waals surface area contributed by atoms with Gasteiger partial charge >= 0.3 is 5.69 Å². The van der Waals surface area contributed by atoms with Crippen LogP contribution in [0.5, 0.6) is 0 Å². The van der Waals surface area contributed by atoms with Gasteiger partial charge in [-0.2, -0.15) is 0 Å². The van der Waals surface area contributed by atoms with Gasteiger partial charge in [0.1, 0.15) is 6.10 Å². The highest BCUT2D eigenvalue weighted by Crippen LogP contribution is 2.32. The number of H-pyrrole nitrogens is 1. The number of alkyl halides is 1. The van der Waals surface area contributed by atoms with Crippen molar-refractivity contribution in [2.75, 3.05) is 0 Å². The van der Waals surface area contributed by atoms with E-state index < -0.39 is 35.9 Å². The van der Waals surface area contributed by atoms with Crippen LogP contribution in [0.15, 0.2) is 15.8 Å². The van der Waals surface area contributed by atoms with Crippen LogP contribution in [0.1, 0.15) is 25.1 Å². The highest BCUT2D eigenvalue weighted by molar-refractivity contribution is 5.03. The highest BCUT2D eigenvalue weighted by atomic mass is 19.1. The maximum absolute atomic E-state index is 13.9. The number of aliphatic hydroxyl groups excluding tert-OH is 1. The third-order valence-corrected chi connectivity index (χ3v) is 3.12. The van der Waals surface area contributed by atoms with Crippen molar-refractivity contribution in [1.82, 2.24) is 9.55 Å². The fraction of sp³-hybridized carbons (Fsp3) is 0.636. The zero-order valence-corrected chi connectivity index (χ0v) is 10.1. The molecule has 0 aromatic carbocycles. The number of aromatic nitrogens is 2. The first-order chi connectivity index (χ1) is 8.45. The van der Waals surface area contributed by atoms with Crippen LogP contribution in [0, 0.1) is 6.92 Å². The molecule has 0 unspecified atom stereocenters. The van der Waals surface area contributed by atoms with Crippen molar-refractivity contribution < 1.29 is 14.2 Å². The van der Waals surface area contributed by atoms with E-state index in [1.807, 2.05) is 0 Å². The number of hydrogen-bond acceptors (Lipinski definition) is 4. The second kappa shape index (κ2) is 4.66. The van der Waals surface area contributed by atoms with E-state index in [0.29, 0.717) is 6.42 Å². The van der Waals surface area contributed by atoms with Gasteiger partial charge in [0.05, 0.1) is 6.10 Å². The van der Waals surface area contributed by atoms with Crippen LogP contribution >= 0.6 is 0 Å². The van der Waals surface area contributed by atoms with Crippen LogP contribution in [0.25, 0.3) is 0 Å². The van der Waals surface area contributed by atoms with Crippen LogP contribution < -0.4 is 11.2 Å². The lowest BCUT2D eigenvalue weighted by atomic mass is 10.1. The van der Waals surface area contributed by atoms with Gasteiger partial charge in [0, 0.05) is 11.8 Å². The third kappa shape index (κ3) is 1.99. The summed E-state index contributed by atoms with van der Waals surface area (Å²) in [7, 11) is 0. The second-order valence-electron chi connectivity index (χ2n) is 4.39. The summed E-state index contributed by atoms with van der Waals surface area (Å²) in [6.45, 7) is 3.26. The van der Waals surface area contributed by atoms with Gasteiger partial charge in [-0.1, -0.05) is 6.92 Å². The monoisotopic (exact) mass is 258 g/mol. The van der Waals surface area contributed by atoms with Crippen molar-refractivity contribution in [3.05, 3.63) is 32.6 Å². The predicted molar refractivity (Wildman–Crippen MR) is 61.2 cm³/mol. The highest BCUT2D eigenvalue weighted by Gasteiger charge is 2.44. The van der Waals surface area contributed by atoms with E-state index in [1.165, 1.54) is 13.1 Å². The molecule has 6 nitrogen and oxygen atoms in total. The van der Waals surface area contributed by atoms with Crippen molar-refractivity contribution in [1.29, 1.82) is 0 Å². The van der Waals surface area contributed by atoms with Crippen molar-refractivity contribution in [2.24, 2.45) is 0 Å². The van der Waals surface area contributed by atoms with Crippen LogP contribution in [0.3, 0.4) is 0 Å². The summed E-state index contributed by atoms with van der Waals surface area (Å²) in [5.41, 5.74) is -0.987. The Labute approximate surface area is 102 Å². The second-order valence-corrected chi connectivity index (χ2v) is 4.39. The van der Waals surface area contributed by atoms with Gasteiger partial charge in [-0.15, -0.1) is 0 Å². The number of hydrogen-bond donors (Lipinski definition) is 2. The molecule has 100 valence electrons. The summed E-state index contributed by atoms with van der Waals surface area (Å²) in [4.78, 5) is 24.9. The Hall–Kier alpha value is -1.47. The third-order valence-electron chi connectivity index (χ3n) is 3.12. The fourth-order valence-electron chi connectivity index (χ4n) is 2.04. The fourth-order valence-corrected chi connectivity index (χ4v) is 2.04. The molecule has 0 radical (unpaired) electrons. The first-order valence-electron chi connectivity index (χ1n) is 5.75. The number of ether oxygens (including phenoxy) is 1. The zero-order chi connectivity index (χ0) is 13.4. The molecule has 1 aromatic heterocycles. The van der Waals surface area contributed by atoms with Crippen molar-refractivity contribution in [3.63, 3.8) is 0 Å². The molecule has 0 spiro atoms. The minimum atomic E-state index is -1.70. The van der Waals surface area contributed by atoms with Gasteiger partial charge in [0.25, 0.3) is 5.56 Å². The number of aromatic amines is 1. The van der Waals surface area contributed by atoms with E-state index in [2.05, 4.69) is 4.98 Å². The number of rotatable bonds is 2. The van der Waals surface area contributed by atoms with Crippen molar-refractivity contribution in [2.45, 2.75) is 44.9 Å². The molecule has 7 heteroatoms. The summed E-state index contributed by atoms with van der Waals surface area (Å²) in [6.07, 6.45) is -3.13. The Bertz CT molecular complexity index is 553. The molecular formula is C11H15FN2O4. The lowest BCUT2D eigenvalue weighted by molar-refractivity contribution is -0.0281. The molecule has 0 aliphatic carbocycles. The summed E-state index contributed by atoms with van der Waals surface area (Å²) in [5, 5.41) is 9.62. The molecule has 2 rings (SSSR count). The Kier molecular flexibility index (Phi) is 3.36. The molecule has 0 saturated carbocycles. The van der Waals surface area contributed by atoms with E-state index >= 15 is 0 Å². The minimum absolute atomic E-state index is 0.278. The van der Waals surface area contributed by atoms with Gasteiger partial charge in [0.2, 0.25) is 0 Å². The maximum Gasteiger partial charge on any atom is 0.330 e.